The average molecular weight is 812 g/mol. The second-order valence-electron chi connectivity index (χ2n) is 8.09. The zero-order valence-electron chi connectivity index (χ0n) is 19.4. The minimum Gasteiger partial charge on any atom is -0.478 e. The lowest BCUT2D eigenvalue weighted by molar-refractivity contribution is -0.131. The Morgan fingerprint density at radius 1 is 0.765 bits per heavy atom. The van der Waals surface area contributed by atoms with Gasteiger partial charge in [-0.15, -0.1) is 0 Å². The number of amides is 4. The topological polar surface area (TPSA) is 154 Å². The number of carboxylic acids is 1. The number of carbonyl (C=O) groups excluding carboxylic acids is 4. The van der Waals surface area contributed by atoms with Gasteiger partial charge in [-0.25, -0.2) is 4.79 Å². The quantitative estimate of drug-likeness (QED) is 0.242. The van der Waals surface area contributed by atoms with E-state index in [0.29, 0.717) is 3.57 Å². The smallest absolute Gasteiger partial charge is 0.337 e. The van der Waals surface area contributed by atoms with Crippen molar-refractivity contribution in [2.45, 2.75) is 46.7 Å². The van der Waals surface area contributed by atoms with E-state index in [1.807, 2.05) is 45.2 Å². The maximum Gasteiger partial charge on any atom is 0.337 e. The number of benzene rings is 1. The van der Waals surface area contributed by atoms with Gasteiger partial charge >= 0.3 is 5.97 Å². The Kier molecular flexibility index (Phi) is 11.9. The highest BCUT2D eigenvalue weighted by Crippen LogP contribution is 2.36. The zero-order valence-corrected chi connectivity index (χ0v) is 25.9. The van der Waals surface area contributed by atoms with Crippen LogP contribution in [0.4, 0.5) is 5.69 Å². The Hall–Kier alpha value is -1.24. The molecule has 0 unspecified atom stereocenters. The van der Waals surface area contributed by atoms with Gasteiger partial charge in [0.15, 0.2) is 0 Å². The van der Waals surface area contributed by atoms with Gasteiger partial charge in [-0.1, -0.05) is 27.7 Å². The van der Waals surface area contributed by atoms with Crippen LogP contribution in [0.2, 0.25) is 0 Å². The fraction of sp³-hybridized carbons (Fsp3) is 0.476. The highest BCUT2D eigenvalue weighted by atomic mass is 127. The van der Waals surface area contributed by atoms with Crippen molar-refractivity contribution in [1.82, 2.24) is 16.0 Å². The summed E-state index contributed by atoms with van der Waals surface area (Å²) in [6.07, 6.45) is 0. The van der Waals surface area contributed by atoms with Crippen LogP contribution in [0.1, 0.15) is 55.3 Å². The molecule has 0 aliphatic heterocycles. The van der Waals surface area contributed by atoms with Gasteiger partial charge in [-0.3, -0.25) is 19.2 Å². The van der Waals surface area contributed by atoms with Gasteiger partial charge in [0.25, 0.3) is 5.91 Å². The molecule has 1 rings (SSSR count). The molecule has 0 saturated carbocycles. The lowest BCUT2D eigenvalue weighted by Crippen LogP contribution is -2.56. The van der Waals surface area contributed by atoms with Crippen molar-refractivity contribution in [3.05, 3.63) is 21.8 Å². The first-order chi connectivity index (χ1) is 15.6. The van der Waals surface area contributed by atoms with Gasteiger partial charge in [0.2, 0.25) is 17.7 Å². The van der Waals surface area contributed by atoms with Gasteiger partial charge in [-0.05, 0) is 79.6 Å². The van der Waals surface area contributed by atoms with Crippen LogP contribution in [0.15, 0.2) is 0 Å². The average Bonchev–Trinajstić information content (AvgIpc) is 2.71. The lowest BCUT2D eigenvalue weighted by Gasteiger charge is -2.27. The standard InChI is InChI=1S/C21H27I3N4O6/c1-7(2)15(19(31)25-6)28-20(32)16(8(3)4)27-18(30)10-12(22)11(21(33)34)14(24)17(13(10)23)26-9(5)29/h7-8,15-16H,1-6H3,(H,25,31)(H,26,29)(H,27,30)(H,28,32)(H,33,34)/t15-,16-/m0/s1. The van der Waals surface area contributed by atoms with Crippen LogP contribution in [-0.2, 0) is 14.4 Å². The third-order valence-electron chi connectivity index (χ3n) is 4.79. The van der Waals surface area contributed by atoms with Crippen molar-refractivity contribution >= 4 is 103 Å². The third kappa shape index (κ3) is 7.38. The molecule has 0 saturated heterocycles. The molecule has 1 aromatic rings. The van der Waals surface area contributed by atoms with Crippen LogP contribution in [0.25, 0.3) is 0 Å². The predicted molar refractivity (Wildman–Crippen MR) is 153 cm³/mol. The van der Waals surface area contributed by atoms with E-state index >= 15 is 0 Å². The van der Waals surface area contributed by atoms with Crippen LogP contribution in [0.3, 0.4) is 0 Å². The molecule has 13 heteroatoms. The van der Waals surface area contributed by atoms with E-state index in [1.54, 1.807) is 50.3 Å². The molecule has 5 N–H and O–H groups in total. The molecule has 2 atom stereocenters. The Morgan fingerprint density at radius 2 is 1.24 bits per heavy atom. The summed E-state index contributed by atoms with van der Waals surface area (Å²) in [6.45, 7) is 8.34. The summed E-state index contributed by atoms with van der Waals surface area (Å²) in [5.41, 5.74) is 0.121. The number of carboxylic acid groups (broad SMARTS) is 1. The lowest BCUT2D eigenvalue weighted by atomic mass is 9.99. The summed E-state index contributed by atoms with van der Waals surface area (Å²) in [7, 11) is 1.47. The van der Waals surface area contributed by atoms with Crippen LogP contribution < -0.4 is 21.3 Å². The Labute approximate surface area is 238 Å². The van der Waals surface area contributed by atoms with E-state index in [-0.39, 0.29) is 41.7 Å². The molecule has 0 aliphatic carbocycles. The Bertz CT molecular complexity index is 1010. The normalized spacial score (nSPS) is 12.7. The highest BCUT2D eigenvalue weighted by Gasteiger charge is 2.33. The predicted octanol–water partition coefficient (Wildman–Crippen LogP) is 2.80. The van der Waals surface area contributed by atoms with E-state index in [9.17, 15) is 29.1 Å². The molecule has 4 amide bonds. The van der Waals surface area contributed by atoms with E-state index < -0.39 is 35.8 Å². The molecule has 188 valence electrons. The number of hydrogen-bond donors (Lipinski definition) is 5. The second kappa shape index (κ2) is 13.2. The zero-order chi connectivity index (χ0) is 26.5. The van der Waals surface area contributed by atoms with Crippen molar-refractivity contribution in [1.29, 1.82) is 0 Å². The van der Waals surface area contributed by atoms with E-state index in [1.165, 1.54) is 14.0 Å². The summed E-state index contributed by atoms with van der Waals surface area (Å²) in [6, 6.07) is -1.79. The molecule has 10 nitrogen and oxygen atoms in total. The van der Waals surface area contributed by atoms with Crippen LogP contribution in [0.5, 0.6) is 0 Å². The fourth-order valence-electron chi connectivity index (χ4n) is 3.02. The number of halogens is 3. The molecule has 0 radical (unpaired) electrons. The van der Waals surface area contributed by atoms with Gasteiger partial charge in [0.05, 0.1) is 24.0 Å². The van der Waals surface area contributed by atoms with Crippen LogP contribution in [-0.4, -0.2) is 53.8 Å². The summed E-state index contributed by atoms with van der Waals surface area (Å²) in [4.78, 5) is 62.2. The van der Waals surface area contributed by atoms with Crippen molar-refractivity contribution in [2.24, 2.45) is 11.8 Å². The van der Waals surface area contributed by atoms with Gasteiger partial charge < -0.3 is 26.4 Å². The van der Waals surface area contributed by atoms with Crippen LogP contribution in [0, 0.1) is 22.5 Å². The first kappa shape index (κ1) is 30.8. The molecule has 0 bridgehead atoms. The number of rotatable bonds is 9. The molecule has 0 aliphatic rings. The molecular formula is C21H27I3N4O6. The van der Waals surface area contributed by atoms with E-state index in [4.69, 9.17) is 0 Å². The SMILES string of the molecule is CNC(=O)[C@@H](NC(=O)[C@@H](NC(=O)c1c(I)c(NC(C)=O)c(I)c(C(=O)O)c1I)C(C)C)C(C)C. The molecule has 1 aromatic carbocycles. The Balaban J connectivity index is 3.47. The number of carbonyl (C=O) groups is 5. The van der Waals surface area contributed by atoms with Crippen molar-refractivity contribution in [3.8, 4) is 0 Å². The molecule has 0 aromatic heterocycles. The maximum absolute atomic E-state index is 13.4. The summed E-state index contributed by atoms with van der Waals surface area (Å²) in [5, 5.41) is 20.2. The molecule has 0 heterocycles. The first-order valence-electron chi connectivity index (χ1n) is 10.2. The monoisotopic (exact) mass is 812 g/mol. The van der Waals surface area contributed by atoms with E-state index in [2.05, 4.69) is 21.3 Å². The minimum absolute atomic E-state index is 0.0351. The minimum atomic E-state index is -1.26. The van der Waals surface area contributed by atoms with Crippen LogP contribution >= 0.6 is 67.8 Å². The van der Waals surface area contributed by atoms with Crippen molar-refractivity contribution in [2.75, 3.05) is 12.4 Å². The molecule has 0 spiro atoms. The number of hydrogen-bond acceptors (Lipinski definition) is 5. The van der Waals surface area contributed by atoms with Crippen molar-refractivity contribution < 1.29 is 29.1 Å². The number of anilines is 1. The highest BCUT2D eigenvalue weighted by molar-refractivity contribution is 14.1. The second-order valence-corrected chi connectivity index (χ2v) is 11.3. The first-order valence-corrected chi connectivity index (χ1v) is 13.4. The Morgan fingerprint density at radius 3 is 1.65 bits per heavy atom. The van der Waals surface area contributed by atoms with Gasteiger partial charge in [0, 0.05) is 17.5 Å². The molecular weight excluding hydrogens is 785 g/mol. The molecule has 0 fully saturated rings. The number of likely N-dealkylation sites (N-methyl/N-ethyl adjacent to an activating group) is 1. The summed E-state index contributed by atoms with van der Waals surface area (Å²) >= 11 is 5.47. The largest absolute Gasteiger partial charge is 0.478 e. The third-order valence-corrected chi connectivity index (χ3v) is 8.02. The maximum atomic E-state index is 13.4. The summed E-state index contributed by atoms with van der Waals surface area (Å²) < 4.78 is 0.811. The summed E-state index contributed by atoms with van der Waals surface area (Å²) in [5.74, 6) is -3.78. The van der Waals surface area contributed by atoms with Gasteiger partial charge in [-0.2, -0.15) is 0 Å². The molecule has 34 heavy (non-hydrogen) atoms. The fourth-order valence-corrected chi connectivity index (χ4v) is 7.41. The number of aromatic carboxylic acids is 1. The van der Waals surface area contributed by atoms with Crippen molar-refractivity contribution in [3.63, 3.8) is 0 Å². The number of nitrogens with one attached hydrogen (secondary N) is 4. The van der Waals surface area contributed by atoms with Gasteiger partial charge in [0.1, 0.15) is 12.1 Å². The van der Waals surface area contributed by atoms with E-state index in [0.717, 1.165) is 0 Å².